The molecule has 2 heterocycles. The Morgan fingerprint density at radius 2 is 1.57 bits per heavy atom. The molecule has 14 heteroatoms. The van der Waals surface area contributed by atoms with Gasteiger partial charge in [-0.15, -0.1) is 0 Å². The van der Waals surface area contributed by atoms with Gasteiger partial charge in [-0.05, 0) is 50.7 Å². The molecular weight excluding hydrogens is 608 g/mol. The number of benzene rings is 2. The highest BCUT2D eigenvalue weighted by Crippen LogP contribution is 2.30. The van der Waals surface area contributed by atoms with E-state index in [0.29, 0.717) is 19.3 Å². The lowest BCUT2D eigenvalue weighted by molar-refractivity contribution is -0.385. The van der Waals surface area contributed by atoms with Gasteiger partial charge in [0.25, 0.3) is 5.69 Å². The summed E-state index contributed by atoms with van der Waals surface area (Å²) in [4.78, 5) is 82.7. The second kappa shape index (κ2) is 15.1. The maximum absolute atomic E-state index is 14.0. The van der Waals surface area contributed by atoms with Crippen LogP contribution in [-0.4, -0.2) is 86.1 Å². The van der Waals surface area contributed by atoms with Gasteiger partial charge in [0.2, 0.25) is 29.5 Å². The summed E-state index contributed by atoms with van der Waals surface area (Å²) in [5, 5.41) is 30.6. The number of amides is 5. The number of aromatic hydroxyl groups is 1. The molecule has 0 spiro atoms. The second-order valence-electron chi connectivity index (χ2n) is 12.5. The molecule has 4 N–H and O–H groups in total. The minimum atomic E-state index is -1.31. The Labute approximate surface area is 273 Å². The molecule has 0 bridgehead atoms. The van der Waals surface area contributed by atoms with E-state index in [1.54, 1.807) is 24.3 Å². The molecule has 4 rings (SSSR count). The molecule has 2 aromatic rings. The number of nitrogens with one attached hydrogen (secondary N) is 3. The van der Waals surface area contributed by atoms with Gasteiger partial charge in [-0.1, -0.05) is 50.2 Å². The minimum Gasteiger partial charge on any atom is -0.507 e. The average molecular weight is 651 g/mol. The van der Waals surface area contributed by atoms with Crippen LogP contribution in [0, 0.1) is 16.0 Å². The monoisotopic (exact) mass is 650 g/mol. The largest absolute Gasteiger partial charge is 0.507 e. The van der Waals surface area contributed by atoms with E-state index in [4.69, 9.17) is 0 Å². The Kier molecular flexibility index (Phi) is 11.2. The third kappa shape index (κ3) is 8.23. The summed E-state index contributed by atoms with van der Waals surface area (Å²) in [6.07, 6.45) is 1.25. The van der Waals surface area contributed by atoms with Gasteiger partial charge in [0.1, 0.15) is 36.0 Å². The van der Waals surface area contributed by atoms with Gasteiger partial charge in [-0.2, -0.15) is 0 Å². The third-order valence-electron chi connectivity index (χ3n) is 8.59. The standard InChI is InChI=1S/C33H42N6O8/c1-19(2)16-25-33(45)37-15-9-13-27(37)31(43)34-20(3)32(44)38(18-23-26(39(46)47)12-8-14-28(23)40)21(4)29(41)35-24(30(42)36-25)17-22-10-6-5-7-11-22/h5-8,10-12,14,19-21,24-25,27,40H,9,13,15-18H2,1-4H3,(H,34,43)(H,35,41)(H,36,42)/t20-,21+,24+,25+,27+/m1/s1. The normalized spacial score (nSPS) is 24.6. The van der Waals surface area contributed by atoms with Crippen molar-refractivity contribution in [2.45, 2.75) is 90.1 Å². The number of phenolic OH excluding ortho intramolecular Hbond substituents is 1. The number of hydrogen-bond acceptors (Lipinski definition) is 8. The highest BCUT2D eigenvalue weighted by Gasteiger charge is 2.41. The first kappa shape index (κ1) is 34.9. The lowest BCUT2D eigenvalue weighted by Crippen LogP contribution is -2.58. The summed E-state index contributed by atoms with van der Waals surface area (Å²) in [5.41, 5.74) is 0.0614. The van der Waals surface area contributed by atoms with Crippen LogP contribution in [0.2, 0.25) is 0 Å². The summed E-state index contributed by atoms with van der Waals surface area (Å²) in [7, 11) is 0. The van der Waals surface area contributed by atoms with E-state index in [2.05, 4.69) is 16.0 Å². The van der Waals surface area contributed by atoms with Crippen molar-refractivity contribution in [1.29, 1.82) is 0 Å². The summed E-state index contributed by atoms with van der Waals surface area (Å²) in [6.45, 7) is 6.37. The Morgan fingerprint density at radius 3 is 2.23 bits per heavy atom. The van der Waals surface area contributed by atoms with E-state index in [1.807, 2.05) is 19.9 Å². The molecule has 5 atom stereocenters. The van der Waals surface area contributed by atoms with Gasteiger partial charge in [0.15, 0.2) is 0 Å². The molecule has 0 radical (unpaired) electrons. The number of rotatable bonds is 7. The minimum absolute atomic E-state index is 0.00746. The van der Waals surface area contributed by atoms with Crippen LogP contribution in [0.25, 0.3) is 0 Å². The summed E-state index contributed by atoms with van der Waals surface area (Å²) >= 11 is 0. The van der Waals surface area contributed by atoms with Crippen molar-refractivity contribution in [2.24, 2.45) is 5.92 Å². The van der Waals surface area contributed by atoms with Crippen molar-refractivity contribution < 1.29 is 34.0 Å². The number of nitrogens with zero attached hydrogens (tertiary/aromatic N) is 3. The Bertz CT molecular complexity index is 1520. The number of fused-ring (bicyclic) bond motifs is 1. The van der Waals surface area contributed by atoms with Gasteiger partial charge in [-0.3, -0.25) is 34.1 Å². The molecule has 0 aromatic heterocycles. The first-order valence-electron chi connectivity index (χ1n) is 15.8. The van der Waals surface area contributed by atoms with Gasteiger partial charge in [0, 0.05) is 19.0 Å². The fourth-order valence-corrected chi connectivity index (χ4v) is 6.05. The average Bonchev–Trinajstić information content (AvgIpc) is 3.52. The molecule has 2 aromatic carbocycles. The van der Waals surface area contributed by atoms with Crippen molar-refractivity contribution in [3.63, 3.8) is 0 Å². The van der Waals surface area contributed by atoms with Gasteiger partial charge < -0.3 is 30.9 Å². The zero-order chi connectivity index (χ0) is 34.4. The predicted molar refractivity (Wildman–Crippen MR) is 171 cm³/mol. The Morgan fingerprint density at radius 1 is 0.894 bits per heavy atom. The van der Waals surface area contributed by atoms with Crippen LogP contribution in [0.15, 0.2) is 48.5 Å². The summed E-state index contributed by atoms with van der Waals surface area (Å²) < 4.78 is 0. The van der Waals surface area contributed by atoms with Crippen LogP contribution >= 0.6 is 0 Å². The zero-order valence-electron chi connectivity index (χ0n) is 27.0. The number of hydrogen-bond donors (Lipinski definition) is 4. The van der Waals surface area contributed by atoms with Crippen molar-refractivity contribution in [2.75, 3.05) is 6.54 Å². The molecular formula is C33H42N6O8. The van der Waals surface area contributed by atoms with Crippen LogP contribution in [0.3, 0.4) is 0 Å². The van der Waals surface area contributed by atoms with Gasteiger partial charge in [-0.25, -0.2) is 0 Å². The number of carbonyl (C=O) groups is 5. The summed E-state index contributed by atoms with van der Waals surface area (Å²) in [5.74, 6) is -3.58. The molecule has 2 aliphatic rings. The molecule has 0 aliphatic carbocycles. The number of carbonyl (C=O) groups excluding carboxylic acids is 5. The first-order valence-corrected chi connectivity index (χ1v) is 15.8. The third-order valence-corrected chi connectivity index (χ3v) is 8.59. The van der Waals surface area contributed by atoms with Crippen LogP contribution in [0.5, 0.6) is 5.75 Å². The SMILES string of the molecule is CC(C)C[C@@H]1NC(=O)[C@H](Cc2ccccc2)NC(=O)[C@H](C)N(Cc2c(O)cccc2[N+](=O)[O-])C(=O)[C@@H](C)NC(=O)[C@@H]2CCCN2C1=O. The lowest BCUT2D eigenvalue weighted by Gasteiger charge is -2.32. The smallest absolute Gasteiger partial charge is 0.278 e. The van der Waals surface area contributed by atoms with Crippen LogP contribution in [-0.2, 0) is 36.9 Å². The Balaban J connectivity index is 1.79. The van der Waals surface area contributed by atoms with E-state index in [-0.39, 0.29) is 24.4 Å². The molecule has 2 fully saturated rings. The van der Waals surface area contributed by atoms with Crippen LogP contribution < -0.4 is 16.0 Å². The van der Waals surface area contributed by atoms with Crippen molar-refractivity contribution in [1.82, 2.24) is 25.8 Å². The van der Waals surface area contributed by atoms with Crippen molar-refractivity contribution >= 4 is 35.2 Å². The Hall–Kier alpha value is -5.01. The van der Waals surface area contributed by atoms with Crippen LogP contribution in [0.1, 0.15) is 58.1 Å². The van der Waals surface area contributed by atoms with Gasteiger partial charge >= 0.3 is 0 Å². The summed E-state index contributed by atoms with van der Waals surface area (Å²) in [6, 6.07) is 7.10. The number of nitro benzene ring substituents is 1. The van der Waals surface area contributed by atoms with E-state index in [0.717, 1.165) is 10.5 Å². The molecule has 5 amide bonds. The second-order valence-corrected chi connectivity index (χ2v) is 12.5. The van der Waals surface area contributed by atoms with E-state index < -0.39 is 82.7 Å². The highest BCUT2D eigenvalue weighted by atomic mass is 16.6. The predicted octanol–water partition coefficient (Wildman–Crippen LogP) is 1.79. The van der Waals surface area contributed by atoms with E-state index in [9.17, 15) is 39.2 Å². The fourth-order valence-electron chi connectivity index (χ4n) is 6.05. The maximum Gasteiger partial charge on any atom is 0.278 e. The van der Waals surface area contributed by atoms with Gasteiger partial charge in [0.05, 0.1) is 17.0 Å². The zero-order valence-corrected chi connectivity index (χ0v) is 27.0. The van der Waals surface area contributed by atoms with Crippen molar-refractivity contribution in [3.05, 3.63) is 69.8 Å². The van der Waals surface area contributed by atoms with Crippen molar-refractivity contribution in [3.8, 4) is 5.75 Å². The molecule has 2 saturated heterocycles. The fraction of sp³-hybridized carbons (Fsp3) is 0.485. The molecule has 47 heavy (non-hydrogen) atoms. The van der Waals surface area contributed by atoms with E-state index >= 15 is 0 Å². The maximum atomic E-state index is 14.0. The quantitative estimate of drug-likeness (QED) is 0.257. The highest BCUT2D eigenvalue weighted by molar-refractivity contribution is 5.98. The lowest BCUT2D eigenvalue weighted by atomic mass is 10.00. The molecule has 0 saturated carbocycles. The molecule has 14 nitrogen and oxygen atoms in total. The molecule has 252 valence electrons. The molecule has 2 aliphatic heterocycles. The number of nitro groups is 1. The molecule has 0 unspecified atom stereocenters. The van der Waals surface area contributed by atoms with E-state index in [1.165, 1.54) is 36.9 Å². The first-order chi connectivity index (χ1) is 22.3. The topological polar surface area (TPSA) is 191 Å². The van der Waals surface area contributed by atoms with Crippen LogP contribution in [0.4, 0.5) is 5.69 Å². The number of phenols is 1.